The summed E-state index contributed by atoms with van der Waals surface area (Å²) in [7, 11) is 0. The number of aromatic hydroxyl groups is 1. The van der Waals surface area contributed by atoms with Crippen LogP contribution in [0.2, 0.25) is 0 Å². The summed E-state index contributed by atoms with van der Waals surface area (Å²) in [6.45, 7) is 0.232. The molecule has 7 N–H and O–H groups in total. The molecule has 0 aromatic heterocycles. The molecule has 25 heavy (non-hydrogen) atoms. The van der Waals surface area contributed by atoms with Crippen LogP contribution in [-0.4, -0.2) is 45.4 Å². The van der Waals surface area contributed by atoms with Crippen molar-refractivity contribution in [1.29, 1.82) is 0 Å². The molecule has 11 nitrogen and oxygen atoms in total. The molecule has 0 aliphatic carbocycles. The highest BCUT2D eigenvalue weighted by atomic mass is 16.7. The minimum absolute atomic E-state index is 0.0143. The van der Waals surface area contributed by atoms with Crippen molar-refractivity contribution in [3.05, 3.63) is 39.9 Å². The highest BCUT2D eigenvalue weighted by Crippen LogP contribution is 2.14. The van der Waals surface area contributed by atoms with Gasteiger partial charge in [0.25, 0.3) is 5.96 Å². The summed E-state index contributed by atoms with van der Waals surface area (Å²) in [6.07, 6.45) is 0.212. The lowest BCUT2D eigenvalue weighted by Gasteiger charge is -2.27. The quantitative estimate of drug-likeness (QED) is 0.196. The number of benzene rings is 1. The molecule has 0 radical (unpaired) electrons. The molecule has 0 heterocycles. The number of hydrogen-bond acceptors (Lipinski definition) is 6. The number of guanidine groups is 1. The van der Waals surface area contributed by atoms with Crippen molar-refractivity contribution >= 4 is 17.8 Å². The fourth-order valence-corrected chi connectivity index (χ4v) is 2.18. The molecule has 1 unspecified atom stereocenters. The maximum absolute atomic E-state index is 12.6. The Morgan fingerprint density at radius 1 is 1.28 bits per heavy atom. The van der Waals surface area contributed by atoms with Crippen LogP contribution in [0.4, 0.5) is 0 Å². The molecule has 0 spiro atoms. The van der Waals surface area contributed by atoms with Crippen LogP contribution in [-0.2, 0) is 16.0 Å². The molecule has 2 amide bonds. The predicted molar refractivity (Wildman–Crippen MR) is 88.5 cm³/mol. The van der Waals surface area contributed by atoms with Crippen LogP contribution in [0, 0.1) is 10.1 Å². The summed E-state index contributed by atoms with van der Waals surface area (Å²) >= 11 is 0. The Morgan fingerprint density at radius 3 is 2.36 bits per heavy atom. The van der Waals surface area contributed by atoms with Crippen molar-refractivity contribution in [2.24, 2.45) is 22.3 Å². The van der Waals surface area contributed by atoms with E-state index in [0.29, 0.717) is 16.9 Å². The van der Waals surface area contributed by atoms with Gasteiger partial charge in [-0.2, -0.15) is 0 Å². The Bertz CT molecular complexity index is 660. The van der Waals surface area contributed by atoms with E-state index in [0.717, 1.165) is 0 Å². The number of hydrazone groups is 1. The van der Waals surface area contributed by atoms with Crippen LogP contribution in [0.3, 0.4) is 0 Å². The molecule has 1 aromatic carbocycles. The van der Waals surface area contributed by atoms with E-state index in [1.807, 2.05) is 0 Å². The fourth-order valence-electron chi connectivity index (χ4n) is 2.18. The Balaban J connectivity index is 3.14. The second-order valence-corrected chi connectivity index (χ2v) is 5.15. The first-order chi connectivity index (χ1) is 11.8. The van der Waals surface area contributed by atoms with E-state index in [9.17, 15) is 24.8 Å². The maximum atomic E-state index is 12.6. The average molecular weight is 352 g/mol. The summed E-state index contributed by atoms with van der Waals surface area (Å²) in [4.78, 5) is 35.6. The first kappa shape index (κ1) is 19.8. The van der Waals surface area contributed by atoms with Gasteiger partial charge in [-0.25, -0.2) is 10.1 Å². The van der Waals surface area contributed by atoms with Gasteiger partial charge in [-0.15, -0.1) is 0 Å². The van der Waals surface area contributed by atoms with Crippen molar-refractivity contribution in [1.82, 2.24) is 4.90 Å². The topological polar surface area (TPSA) is 191 Å². The number of primary amides is 1. The molecule has 1 rings (SSSR count). The number of carbonyl (C=O) groups excluding carboxylic acids is 2. The third kappa shape index (κ3) is 6.06. The largest absolute Gasteiger partial charge is 0.508 e. The van der Waals surface area contributed by atoms with Gasteiger partial charge in [0.2, 0.25) is 11.8 Å². The number of hydrogen-bond donors (Lipinski definition) is 4. The lowest BCUT2D eigenvalue weighted by atomic mass is 10.1. The van der Waals surface area contributed by atoms with Gasteiger partial charge in [0.15, 0.2) is 5.03 Å². The zero-order valence-electron chi connectivity index (χ0n) is 13.4. The number of nitro groups is 1. The lowest BCUT2D eigenvalue weighted by molar-refractivity contribution is -0.485. The molecular weight excluding hydrogens is 332 g/mol. The zero-order valence-corrected chi connectivity index (χ0v) is 13.4. The van der Waals surface area contributed by atoms with Crippen molar-refractivity contribution in [3.63, 3.8) is 0 Å². The summed E-state index contributed by atoms with van der Waals surface area (Å²) in [5.74, 6) is -2.31. The third-order valence-corrected chi connectivity index (χ3v) is 3.31. The monoisotopic (exact) mass is 352 g/mol. The normalized spacial score (nSPS) is 12.4. The van der Waals surface area contributed by atoms with Crippen LogP contribution in [0.25, 0.3) is 0 Å². The number of amides is 2. The number of phenolic OH excluding ortho intramolecular Hbond substituents is 1. The van der Waals surface area contributed by atoms with E-state index in [1.54, 1.807) is 0 Å². The highest BCUT2D eigenvalue weighted by molar-refractivity contribution is 6.01. The van der Waals surface area contributed by atoms with Gasteiger partial charge in [-0.1, -0.05) is 12.1 Å². The van der Waals surface area contributed by atoms with Gasteiger partial charge >= 0.3 is 0 Å². The van der Waals surface area contributed by atoms with Crippen molar-refractivity contribution < 1.29 is 19.7 Å². The lowest BCUT2D eigenvalue weighted by Crippen LogP contribution is -2.54. The number of rotatable bonds is 8. The van der Waals surface area contributed by atoms with E-state index in [-0.39, 0.29) is 25.1 Å². The summed E-state index contributed by atoms with van der Waals surface area (Å²) in [6, 6.07) is 4.52. The van der Waals surface area contributed by atoms with Crippen LogP contribution < -0.4 is 17.2 Å². The van der Waals surface area contributed by atoms with Gasteiger partial charge in [-0.3, -0.25) is 14.5 Å². The second kappa shape index (κ2) is 9.17. The molecule has 1 aromatic rings. The Kier molecular flexibility index (Phi) is 7.28. The molecule has 0 bridgehead atoms. The summed E-state index contributed by atoms with van der Waals surface area (Å²) in [5, 5.41) is 21.7. The minimum atomic E-state index is -1.21. The van der Waals surface area contributed by atoms with Crippen molar-refractivity contribution in [2.45, 2.75) is 25.3 Å². The summed E-state index contributed by atoms with van der Waals surface area (Å²) in [5.41, 5.74) is 16.8. The number of nitrogens with zero attached hydrogens (tertiary/aromatic N) is 3. The van der Waals surface area contributed by atoms with Crippen LogP contribution >= 0.6 is 0 Å². The van der Waals surface area contributed by atoms with Gasteiger partial charge in [0.05, 0.1) is 6.42 Å². The van der Waals surface area contributed by atoms with Gasteiger partial charge < -0.3 is 22.3 Å². The fraction of sp³-hybridized carbons (Fsp3) is 0.357. The molecule has 0 saturated carbocycles. The average Bonchev–Trinajstić information content (AvgIpc) is 2.52. The summed E-state index contributed by atoms with van der Waals surface area (Å²) < 4.78 is 0. The zero-order chi connectivity index (χ0) is 19.0. The molecule has 0 aliphatic heterocycles. The smallest absolute Gasteiger partial charge is 0.276 e. The van der Waals surface area contributed by atoms with E-state index in [1.165, 1.54) is 24.3 Å². The standard InChI is InChI=1S/C14H20N6O5/c15-7-1-2-11(13(16)23)19(14(17)18-20(24)25)12(22)8-9-3-5-10(21)6-4-9/h3-6,11,21H,1-2,7-8,15H2,(H2,16,23)(H2,17,18). The molecule has 0 aliphatic rings. The van der Waals surface area contributed by atoms with Gasteiger partial charge in [0.1, 0.15) is 16.9 Å². The van der Waals surface area contributed by atoms with Gasteiger partial charge in [0, 0.05) is 0 Å². The minimum Gasteiger partial charge on any atom is -0.508 e. The number of nitrogens with two attached hydrogens (primary N) is 3. The van der Waals surface area contributed by atoms with Crippen molar-refractivity contribution in [2.75, 3.05) is 6.54 Å². The molecule has 11 heteroatoms. The van der Waals surface area contributed by atoms with Crippen molar-refractivity contribution in [3.8, 4) is 5.75 Å². The first-order valence-electron chi connectivity index (χ1n) is 7.34. The van der Waals surface area contributed by atoms with Crippen LogP contribution in [0.15, 0.2) is 29.4 Å². The van der Waals surface area contributed by atoms with E-state index < -0.39 is 28.8 Å². The Morgan fingerprint density at radius 2 is 1.88 bits per heavy atom. The second-order valence-electron chi connectivity index (χ2n) is 5.15. The molecule has 136 valence electrons. The van der Waals surface area contributed by atoms with E-state index in [4.69, 9.17) is 17.2 Å². The SMILES string of the molecule is NCCCC(C(N)=O)N(C(=O)Cc1ccc(O)cc1)/C(N)=N\[N+](=O)[O-]. The third-order valence-electron chi connectivity index (χ3n) is 3.31. The molecular formula is C14H20N6O5. The van der Waals surface area contributed by atoms with E-state index in [2.05, 4.69) is 5.10 Å². The predicted octanol–water partition coefficient (Wildman–Crippen LogP) is -1.14. The maximum Gasteiger partial charge on any atom is 0.276 e. The van der Waals surface area contributed by atoms with Gasteiger partial charge in [-0.05, 0) is 37.1 Å². The molecule has 1 atom stereocenters. The Labute approximate surface area is 143 Å². The molecule has 0 fully saturated rings. The number of carbonyl (C=O) groups is 2. The van der Waals surface area contributed by atoms with E-state index >= 15 is 0 Å². The first-order valence-corrected chi connectivity index (χ1v) is 7.34. The number of phenols is 1. The Hall–Kier alpha value is -3.21. The molecule has 0 saturated heterocycles. The van der Waals surface area contributed by atoms with Crippen LogP contribution in [0.5, 0.6) is 5.75 Å². The van der Waals surface area contributed by atoms with Crippen LogP contribution in [0.1, 0.15) is 18.4 Å². The highest BCUT2D eigenvalue weighted by Gasteiger charge is 2.32.